The molecular weight excluding hydrogens is 368 g/mol. The molecule has 2 aromatic carbocycles. The zero-order chi connectivity index (χ0) is 19.0. The topological polar surface area (TPSA) is 81.1 Å². The maximum Gasteiger partial charge on any atom is 0.271 e. The zero-order valence-electron chi connectivity index (χ0n) is 14.6. The summed E-state index contributed by atoms with van der Waals surface area (Å²) in [4.78, 5) is 14.7. The van der Waals surface area contributed by atoms with Gasteiger partial charge in [-0.2, -0.15) is 0 Å². The van der Waals surface area contributed by atoms with Crippen LogP contribution in [0.2, 0.25) is 0 Å². The predicted octanol–water partition coefficient (Wildman–Crippen LogP) is 3.49. The molecule has 2 aliphatic heterocycles. The summed E-state index contributed by atoms with van der Waals surface area (Å²) >= 11 is 1.10. The minimum Gasteiger partial charge on any atom is -0.497 e. The molecule has 0 spiro atoms. The molecule has 0 unspecified atom stereocenters. The highest BCUT2D eigenvalue weighted by Gasteiger charge is 2.34. The number of fused-ring (bicyclic) bond motifs is 1. The maximum absolute atomic E-state index is 12.9. The molecule has 2 aliphatic rings. The fourth-order valence-corrected chi connectivity index (χ4v) is 3.68. The number of carbonyl (C=O) groups is 1. The monoisotopic (exact) mass is 384 g/mol. The number of ether oxygens (including phenoxy) is 4. The first-order valence-electron chi connectivity index (χ1n) is 8.05. The Morgan fingerprint density at radius 1 is 1.11 bits per heavy atom. The van der Waals surface area contributed by atoms with Crippen LogP contribution in [-0.2, 0) is 4.79 Å². The number of hydrogen-bond acceptors (Lipinski definition) is 7. The van der Waals surface area contributed by atoms with Crippen LogP contribution in [0.1, 0.15) is 5.56 Å². The predicted molar refractivity (Wildman–Crippen MR) is 103 cm³/mol. The van der Waals surface area contributed by atoms with Gasteiger partial charge in [-0.1, -0.05) is 0 Å². The van der Waals surface area contributed by atoms with Crippen LogP contribution in [0.4, 0.5) is 5.69 Å². The molecule has 4 rings (SSSR count). The third-order valence-electron chi connectivity index (χ3n) is 4.17. The molecule has 138 valence electrons. The lowest BCUT2D eigenvalue weighted by Crippen LogP contribution is -2.28. The van der Waals surface area contributed by atoms with Gasteiger partial charge in [-0.15, -0.1) is 0 Å². The largest absolute Gasteiger partial charge is 0.497 e. The summed E-state index contributed by atoms with van der Waals surface area (Å²) in [5.74, 6) is 2.16. The second-order valence-electron chi connectivity index (χ2n) is 5.70. The SMILES string of the molecule is COc1ccc(C=C2SC(=N)N(c3ccc4c(c3)OCO4)C2=O)c(OC)c1. The summed E-state index contributed by atoms with van der Waals surface area (Å²) in [6.07, 6.45) is 1.72. The molecule has 1 amide bonds. The molecule has 27 heavy (non-hydrogen) atoms. The van der Waals surface area contributed by atoms with Crippen LogP contribution >= 0.6 is 11.8 Å². The maximum atomic E-state index is 12.9. The van der Waals surface area contributed by atoms with Gasteiger partial charge >= 0.3 is 0 Å². The van der Waals surface area contributed by atoms with Gasteiger partial charge in [-0.25, -0.2) is 0 Å². The Morgan fingerprint density at radius 2 is 1.93 bits per heavy atom. The first-order valence-corrected chi connectivity index (χ1v) is 8.86. The minimum absolute atomic E-state index is 0.123. The van der Waals surface area contributed by atoms with Gasteiger partial charge in [0.05, 0.1) is 24.8 Å². The van der Waals surface area contributed by atoms with Crippen LogP contribution in [0, 0.1) is 5.41 Å². The number of amidine groups is 1. The van der Waals surface area contributed by atoms with E-state index in [1.54, 1.807) is 50.6 Å². The smallest absolute Gasteiger partial charge is 0.271 e. The number of methoxy groups -OCH3 is 2. The van der Waals surface area contributed by atoms with E-state index in [-0.39, 0.29) is 17.9 Å². The lowest BCUT2D eigenvalue weighted by molar-refractivity contribution is -0.113. The second-order valence-corrected chi connectivity index (χ2v) is 6.73. The molecule has 0 atom stereocenters. The van der Waals surface area contributed by atoms with Gasteiger partial charge < -0.3 is 18.9 Å². The van der Waals surface area contributed by atoms with E-state index in [4.69, 9.17) is 24.4 Å². The zero-order valence-corrected chi connectivity index (χ0v) is 15.5. The van der Waals surface area contributed by atoms with Crippen LogP contribution < -0.4 is 23.8 Å². The number of hydrogen-bond donors (Lipinski definition) is 1. The lowest BCUT2D eigenvalue weighted by Gasteiger charge is -2.14. The highest BCUT2D eigenvalue weighted by Crippen LogP contribution is 2.41. The van der Waals surface area contributed by atoms with Gasteiger partial charge in [-0.05, 0) is 42.1 Å². The van der Waals surface area contributed by atoms with Crippen molar-refractivity contribution in [1.82, 2.24) is 0 Å². The summed E-state index contributed by atoms with van der Waals surface area (Å²) in [7, 11) is 3.13. The fraction of sp³-hybridized carbons (Fsp3) is 0.158. The summed E-state index contributed by atoms with van der Waals surface area (Å²) in [5, 5.41) is 8.36. The summed E-state index contributed by atoms with van der Waals surface area (Å²) in [6, 6.07) is 10.5. The Morgan fingerprint density at radius 3 is 2.70 bits per heavy atom. The van der Waals surface area contributed by atoms with E-state index in [9.17, 15) is 4.79 Å². The molecule has 0 bridgehead atoms. The molecule has 1 saturated heterocycles. The van der Waals surface area contributed by atoms with Crippen LogP contribution in [0.5, 0.6) is 23.0 Å². The van der Waals surface area contributed by atoms with E-state index in [0.717, 1.165) is 17.3 Å². The number of nitrogens with zero attached hydrogens (tertiary/aromatic N) is 1. The third-order valence-corrected chi connectivity index (χ3v) is 5.05. The first-order chi connectivity index (χ1) is 13.1. The molecule has 7 nitrogen and oxygen atoms in total. The van der Waals surface area contributed by atoms with Crippen LogP contribution in [0.15, 0.2) is 41.3 Å². The molecule has 2 heterocycles. The Hall–Kier alpha value is -3.13. The molecule has 8 heteroatoms. The summed E-state index contributed by atoms with van der Waals surface area (Å²) < 4.78 is 21.2. The number of nitrogens with one attached hydrogen (secondary N) is 1. The number of benzene rings is 2. The van der Waals surface area contributed by atoms with Gasteiger partial charge in [0.1, 0.15) is 11.5 Å². The van der Waals surface area contributed by atoms with Gasteiger partial charge in [0.2, 0.25) is 6.79 Å². The van der Waals surface area contributed by atoms with E-state index in [2.05, 4.69) is 0 Å². The molecule has 2 aromatic rings. The van der Waals surface area contributed by atoms with E-state index >= 15 is 0 Å². The Kier molecular flexibility index (Phi) is 4.41. The van der Waals surface area contributed by atoms with Gasteiger partial charge in [0.25, 0.3) is 5.91 Å². The van der Waals surface area contributed by atoms with Crippen molar-refractivity contribution in [2.45, 2.75) is 0 Å². The van der Waals surface area contributed by atoms with Crippen molar-refractivity contribution < 1.29 is 23.7 Å². The number of thioether (sulfide) groups is 1. The third kappa shape index (κ3) is 3.08. The Bertz CT molecular complexity index is 973. The van der Waals surface area contributed by atoms with Crippen LogP contribution in [-0.4, -0.2) is 32.1 Å². The normalized spacial score (nSPS) is 17.0. The Labute approximate surface area is 160 Å². The van der Waals surface area contributed by atoms with Crippen molar-refractivity contribution in [1.29, 1.82) is 5.41 Å². The van der Waals surface area contributed by atoms with E-state index < -0.39 is 0 Å². The van der Waals surface area contributed by atoms with E-state index in [0.29, 0.717) is 33.6 Å². The quantitative estimate of drug-likeness (QED) is 0.813. The first kappa shape index (κ1) is 17.3. The Balaban J connectivity index is 1.66. The van der Waals surface area contributed by atoms with Crippen LogP contribution in [0.25, 0.3) is 6.08 Å². The average Bonchev–Trinajstić information content (AvgIpc) is 3.25. The number of rotatable bonds is 4. The van der Waals surface area contributed by atoms with Crippen molar-refractivity contribution >= 4 is 34.6 Å². The summed E-state index contributed by atoms with van der Waals surface area (Å²) in [5.41, 5.74) is 1.29. The molecule has 0 aliphatic carbocycles. The number of anilines is 1. The van der Waals surface area contributed by atoms with Crippen molar-refractivity contribution in [2.75, 3.05) is 25.9 Å². The molecular formula is C19H16N2O5S. The van der Waals surface area contributed by atoms with E-state index in [1.807, 2.05) is 6.07 Å². The van der Waals surface area contributed by atoms with Crippen molar-refractivity contribution in [2.24, 2.45) is 0 Å². The average molecular weight is 384 g/mol. The molecule has 1 N–H and O–H groups in total. The summed E-state index contributed by atoms with van der Waals surface area (Å²) in [6.45, 7) is 0.154. The van der Waals surface area contributed by atoms with Crippen molar-refractivity contribution in [3.05, 3.63) is 46.9 Å². The van der Waals surface area contributed by atoms with Gasteiger partial charge in [0, 0.05) is 17.7 Å². The molecule has 0 aromatic heterocycles. The van der Waals surface area contributed by atoms with Crippen LogP contribution in [0.3, 0.4) is 0 Å². The van der Waals surface area contributed by atoms with Crippen molar-refractivity contribution in [3.8, 4) is 23.0 Å². The van der Waals surface area contributed by atoms with E-state index in [1.165, 1.54) is 4.90 Å². The second kappa shape index (κ2) is 6.88. The highest BCUT2D eigenvalue weighted by molar-refractivity contribution is 8.19. The molecule has 0 saturated carbocycles. The lowest BCUT2D eigenvalue weighted by atomic mass is 10.1. The van der Waals surface area contributed by atoms with Gasteiger partial charge in [-0.3, -0.25) is 15.1 Å². The highest BCUT2D eigenvalue weighted by atomic mass is 32.2. The number of carbonyl (C=O) groups excluding carboxylic acids is 1. The fourth-order valence-electron chi connectivity index (χ4n) is 2.82. The molecule has 0 radical (unpaired) electrons. The minimum atomic E-state index is -0.276. The standard InChI is InChI=1S/C19H16N2O5S/c1-23-13-5-3-11(15(9-13)24-2)7-17-18(22)21(19(20)27-17)12-4-6-14-16(8-12)26-10-25-14/h3-9,20H,10H2,1-2H3. The van der Waals surface area contributed by atoms with Crippen molar-refractivity contribution in [3.63, 3.8) is 0 Å². The molecule has 1 fully saturated rings. The number of amides is 1. The van der Waals surface area contributed by atoms with Gasteiger partial charge in [0.15, 0.2) is 16.7 Å².